The van der Waals surface area contributed by atoms with Crippen molar-refractivity contribution in [1.82, 2.24) is 15.1 Å². The van der Waals surface area contributed by atoms with E-state index in [1.54, 1.807) is 17.0 Å². The number of hydrogen-bond donors (Lipinski definition) is 1. The number of piperazine rings is 1. The Bertz CT molecular complexity index is 785. The van der Waals surface area contributed by atoms with Gasteiger partial charge in [-0.3, -0.25) is 0 Å². The molecule has 2 aliphatic heterocycles. The Balaban J connectivity index is 1.32. The quantitative estimate of drug-likeness (QED) is 0.878. The average Bonchev–Trinajstić information content (AvgIpc) is 3.25. The van der Waals surface area contributed by atoms with Gasteiger partial charge in [0.05, 0.1) is 10.7 Å². The third-order valence-electron chi connectivity index (χ3n) is 5.07. The number of rotatable bonds is 3. The highest BCUT2D eigenvalue weighted by Crippen LogP contribution is 2.22. The number of nitrogens with one attached hydrogen (secondary N) is 1. The van der Waals surface area contributed by atoms with Crippen molar-refractivity contribution in [3.05, 3.63) is 41.4 Å². The number of anilines is 3. The highest BCUT2D eigenvalue weighted by molar-refractivity contribution is 6.33. The molecular formula is C19H23ClN6O. The second-order valence-electron chi connectivity index (χ2n) is 6.83. The van der Waals surface area contributed by atoms with E-state index in [9.17, 15) is 4.79 Å². The lowest BCUT2D eigenvalue weighted by Crippen LogP contribution is -2.50. The standard InChI is InChI=1S/C19H23ClN6O/c20-15-5-1-2-6-16(15)21-19(27)26-13-11-25(12-14-26)18-8-7-17(22-23-18)24-9-3-4-10-24/h1-2,5-8H,3-4,9-14H2,(H,21,27). The summed E-state index contributed by atoms with van der Waals surface area (Å²) in [5.41, 5.74) is 0.634. The van der Waals surface area contributed by atoms with Gasteiger partial charge >= 0.3 is 6.03 Å². The molecule has 7 nitrogen and oxygen atoms in total. The molecule has 2 saturated heterocycles. The summed E-state index contributed by atoms with van der Waals surface area (Å²) in [4.78, 5) is 18.7. The first kappa shape index (κ1) is 17.9. The Labute approximate surface area is 163 Å². The molecule has 0 unspecified atom stereocenters. The molecule has 2 aliphatic rings. The molecule has 1 aromatic carbocycles. The number of urea groups is 1. The minimum absolute atomic E-state index is 0.127. The van der Waals surface area contributed by atoms with Gasteiger partial charge in [-0.25, -0.2) is 4.79 Å². The predicted molar refractivity (Wildman–Crippen MR) is 108 cm³/mol. The molecule has 8 heteroatoms. The van der Waals surface area contributed by atoms with E-state index in [0.29, 0.717) is 23.8 Å². The Kier molecular flexibility index (Phi) is 5.29. The number of amides is 2. The van der Waals surface area contributed by atoms with Gasteiger partial charge in [0.25, 0.3) is 0 Å². The van der Waals surface area contributed by atoms with Crippen molar-refractivity contribution < 1.29 is 4.79 Å². The molecule has 2 aromatic rings. The fourth-order valence-electron chi connectivity index (χ4n) is 3.50. The zero-order valence-corrected chi connectivity index (χ0v) is 15.9. The molecule has 3 heterocycles. The molecule has 1 aromatic heterocycles. The maximum Gasteiger partial charge on any atom is 0.322 e. The van der Waals surface area contributed by atoms with Gasteiger partial charge in [0.15, 0.2) is 11.6 Å². The van der Waals surface area contributed by atoms with Crippen LogP contribution in [-0.2, 0) is 0 Å². The largest absolute Gasteiger partial charge is 0.355 e. The summed E-state index contributed by atoms with van der Waals surface area (Å²) in [6.45, 7) is 4.85. The van der Waals surface area contributed by atoms with Crippen molar-refractivity contribution in [3.63, 3.8) is 0 Å². The van der Waals surface area contributed by atoms with E-state index in [2.05, 4.69) is 25.3 Å². The van der Waals surface area contributed by atoms with Gasteiger partial charge in [-0.2, -0.15) is 0 Å². The summed E-state index contributed by atoms with van der Waals surface area (Å²) in [6, 6.07) is 11.2. The van der Waals surface area contributed by atoms with Crippen molar-refractivity contribution in [3.8, 4) is 0 Å². The highest BCUT2D eigenvalue weighted by Gasteiger charge is 2.23. The second kappa shape index (κ2) is 8.00. The van der Waals surface area contributed by atoms with E-state index >= 15 is 0 Å². The van der Waals surface area contributed by atoms with Crippen molar-refractivity contribution in [2.45, 2.75) is 12.8 Å². The zero-order chi connectivity index (χ0) is 18.6. The predicted octanol–water partition coefficient (Wildman–Crippen LogP) is 3.08. The van der Waals surface area contributed by atoms with Gasteiger partial charge in [0.1, 0.15) is 0 Å². The van der Waals surface area contributed by atoms with E-state index in [1.165, 1.54) is 12.8 Å². The van der Waals surface area contributed by atoms with Crippen LogP contribution in [-0.4, -0.2) is 60.4 Å². The second-order valence-corrected chi connectivity index (χ2v) is 7.24. The number of halogens is 1. The van der Waals surface area contributed by atoms with E-state index < -0.39 is 0 Å². The van der Waals surface area contributed by atoms with Crippen molar-refractivity contribution >= 4 is 35.0 Å². The Hall–Kier alpha value is -2.54. The van der Waals surface area contributed by atoms with Gasteiger partial charge in [0, 0.05) is 39.3 Å². The summed E-state index contributed by atoms with van der Waals surface area (Å²) < 4.78 is 0. The molecular weight excluding hydrogens is 364 g/mol. The first-order chi connectivity index (χ1) is 13.2. The molecule has 1 N–H and O–H groups in total. The van der Waals surface area contributed by atoms with Gasteiger partial charge < -0.3 is 20.0 Å². The van der Waals surface area contributed by atoms with E-state index in [0.717, 1.165) is 37.8 Å². The van der Waals surface area contributed by atoms with Crippen LogP contribution in [0.25, 0.3) is 0 Å². The van der Waals surface area contributed by atoms with Crippen LogP contribution in [0.4, 0.5) is 22.1 Å². The topological polar surface area (TPSA) is 64.6 Å². The normalized spacial score (nSPS) is 17.3. The Morgan fingerprint density at radius 1 is 0.852 bits per heavy atom. The van der Waals surface area contributed by atoms with E-state index in [-0.39, 0.29) is 6.03 Å². The van der Waals surface area contributed by atoms with Crippen LogP contribution in [0.3, 0.4) is 0 Å². The van der Waals surface area contributed by atoms with Gasteiger partial charge in [-0.15, -0.1) is 10.2 Å². The minimum atomic E-state index is -0.127. The number of hydrogen-bond acceptors (Lipinski definition) is 5. The van der Waals surface area contributed by atoms with Gasteiger partial charge in [0.2, 0.25) is 0 Å². The number of aromatic nitrogens is 2. The summed E-state index contributed by atoms with van der Waals surface area (Å²) in [6.07, 6.45) is 2.45. The average molecular weight is 387 g/mol. The lowest BCUT2D eigenvalue weighted by molar-refractivity contribution is 0.208. The Morgan fingerprint density at radius 3 is 2.04 bits per heavy atom. The molecule has 27 heavy (non-hydrogen) atoms. The van der Waals surface area contributed by atoms with Gasteiger partial charge in [-0.1, -0.05) is 23.7 Å². The van der Waals surface area contributed by atoms with Crippen LogP contribution < -0.4 is 15.1 Å². The summed E-state index contributed by atoms with van der Waals surface area (Å²) in [5, 5.41) is 12.2. The number of carbonyl (C=O) groups excluding carboxylic acids is 1. The van der Waals surface area contributed by atoms with Crippen LogP contribution >= 0.6 is 11.6 Å². The highest BCUT2D eigenvalue weighted by atomic mass is 35.5. The third-order valence-corrected chi connectivity index (χ3v) is 5.40. The molecule has 4 rings (SSSR count). The fraction of sp³-hybridized carbons (Fsp3) is 0.421. The fourth-order valence-corrected chi connectivity index (χ4v) is 3.68. The third kappa shape index (κ3) is 4.08. The van der Waals surface area contributed by atoms with Crippen molar-refractivity contribution in [2.24, 2.45) is 0 Å². The summed E-state index contributed by atoms with van der Waals surface area (Å²) in [7, 11) is 0. The van der Waals surface area contributed by atoms with Crippen LogP contribution in [0.5, 0.6) is 0 Å². The zero-order valence-electron chi connectivity index (χ0n) is 15.1. The molecule has 142 valence electrons. The summed E-state index contributed by atoms with van der Waals surface area (Å²) >= 11 is 6.11. The maximum absolute atomic E-state index is 12.5. The molecule has 0 saturated carbocycles. The molecule has 2 fully saturated rings. The maximum atomic E-state index is 12.5. The van der Waals surface area contributed by atoms with E-state index in [4.69, 9.17) is 11.6 Å². The molecule has 0 spiro atoms. The first-order valence-electron chi connectivity index (χ1n) is 9.35. The van der Waals surface area contributed by atoms with Crippen LogP contribution in [0.2, 0.25) is 5.02 Å². The number of para-hydroxylation sites is 1. The number of nitrogens with zero attached hydrogens (tertiary/aromatic N) is 5. The van der Waals surface area contributed by atoms with Crippen molar-refractivity contribution in [1.29, 1.82) is 0 Å². The number of carbonyl (C=O) groups is 1. The molecule has 2 amide bonds. The molecule has 0 aliphatic carbocycles. The smallest absolute Gasteiger partial charge is 0.322 e. The molecule has 0 bridgehead atoms. The summed E-state index contributed by atoms with van der Waals surface area (Å²) in [5.74, 6) is 1.82. The molecule has 0 radical (unpaired) electrons. The first-order valence-corrected chi connectivity index (χ1v) is 9.72. The van der Waals surface area contributed by atoms with Crippen LogP contribution in [0.15, 0.2) is 36.4 Å². The lowest BCUT2D eigenvalue weighted by atomic mass is 10.3. The van der Waals surface area contributed by atoms with Crippen LogP contribution in [0.1, 0.15) is 12.8 Å². The molecule has 0 atom stereocenters. The van der Waals surface area contributed by atoms with E-state index in [1.807, 2.05) is 24.3 Å². The Morgan fingerprint density at radius 2 is 1.44 bits per heavy atom. The van der Waals surface area contributed by atoms with Crippen LogP contribution in [0, 0.1) is 0 Å². The SMILES string of the molecule is O=C(Nc1ccccc1Cl)N1CCN(c2ccc(N3CCCC3)nn2)CC1. The lowest BCUT2D eigenvalue weighted by Gasteiger charge is -2.35. The number of benzene rings is 1. The van der Waals surface area contributed by atoms with Crippen molar-refractivity contribution in [2.75, 3.05) is 54.4 Å². The van der Waals surface area contributed by atoms with Gasteiger partial charge in [-0.05, 0) is 37.1 Å². The minimum Gasteiger partial charge on any atom is -0.355 e. The monoisotopic (exact) mass is 386 g/mol.